The molecule has 4 aromatic rings. The van der Waals surface area contributed by atoms with Crippen molar-refractivity contribution in [3.8, 4) is 17.1 Å². The molecule has 0 spiro atoms. The van der Waals surface area contributed by atoms with Crippen LogP contribution in [0.3, 0.4) is 0 Å². The number of halogens is 1. The van der Waals surface area contributed by atoms with E-state index >= 15 is 0 Å². The van der Waals surface area contributed by atoms with Crippen LogP contribution in [0.5, 0.6) is 5.88 Å². The van der Waals surface area contributed by atoms with Gasteiger partial charge in [-0.1, -0.05) is 0 Å². The standard InChI is InChI=1S/C15H10FN3O2/c1-20-13-7-6-12-14(18-13)21-15-17-11(8-19(12)15)9-2-4-10(16)5-3-9/h2-8H,1H3. The predicted molar refractivity (Wildman–Crippen MR) is 74.7 cm³/mol. The van der Waals surface area contributed by atoms with Gasteiger partial charge >= 0.3 is 5.84 Å². The van der Waals surface area contributed by atoms with Gasteiger partial charge in [-0.25, -0.2) is 4.39 Å². The summed E-state index contributed by atoms with van der Waals surface area (Å²) >= 11 is 0. The largest absolute Gasteiger partial charge is 0.481 e. The number of rotatable bonds is 2. The Morgan fingerprint density at radius 3 is 2.67 bits per heavy atom. The summed E-state index contributed by atoms with van der Waals surface area (Å²) in [5.41, 5.74) is 2.80. The molecule has 3 aromatic heterocycles. The van der Waals surface area contributed by atoms with Crippen molar-refractivity contribution >= 4 is 17.1 Å². The number of ether oxygens (including phenoxy) is 1. The Bertz CT molecular complexity index is 941. The Hall–Kier alpha value is -2.89. The smallest absolute Gasteiger partial charge is 0.308 e. The van der Waals surface area contributed by atoms with E-state index in [2.05, 4.69) is 9.97 Å². The Morgan fingerprint density at radius 1 is 1.10 bits per heavy atom. The number of hydrogen-bond donors (Lipinski definition) is 0. The molecule has 0 unspecified atom stereocenters. The highest BCUT2D eigenvalue weighted by Gasteiger charge is 2.13. The summed E-state index contributed by atoms with van der Waals surface area (Å²) in [5.74, 6) is 0.645. The number of methoxy groups -OCH3 is 1. The molecule has 0 radical (unpaired) electrons. The molecule has 0 aliphatic rings. The molecule has 3 heterocycles. The molecule has 0 amide bonds. The summed E-state index contributed by atoms with van der Waals surface area (Å²) in [7, 11) is 1.55. The zero-order valence-electron chi connectivity index (χ0n) is 11.1. The molecule has 0 N–H and O–H groups in total. The second-order valence-electron chi connectivity index (χ2n) is 4.57. The van der Waals surface area contributed by atoms with Gasteiger partial charge in [-0.2, -0.15) is 9.97 Å². The SMILES string of the molecule is COc1ccc2c(n1)oc1nc(-c3ccc(F)cc3)cn12. The highest BCUT2D eigenvalue weighted by molar-refractivity contribution is 5.75. The van der Waals surface area contributed by atoms with Gasteiger partial charge in [0.2, 0.25) is 5.88 Å². The summed E-state index contributed by atoms with van der Waals surface area (Å²) < 4.78 is 25.4. The maximum absolute atomic E-state index is 13.0. The van der Waals surface area contributed by atoms with Gasteiger partial charge in [0.25, 0.3) is 5.71 Å². The molecular weight excluding hydrogens is 273 g/mol. The van der Waals surface area contributed by atoms with E-state index in [4.69, 9.17) is 9.15 Å². The molecule has 5 nitrogen and oxygen atoms in total. The van der Waals surface area contributed by atoms with Crippen molar-refractivity contribution in [1.29, 1.82) is 0 Å². The monoisotopic (exact) mass is 283 g/mol. The lowest BCUT2D eigenvalue weighted by atomic mass is 10.2. The average Bonchev–Trinajstić information content (AvgIpc) is 3.04. The average molecular weight is 283 g/mol. The van der Waals surface area contributed by atoms with Crippen LogP contribution in [-0.2, 0) is 0 Å². The van der Waals surface area contributed by atoms with Gasteiger partial charge in [0, 0.05) is 17.8 Å². The van der Waals surface area contributed by atoms with Crippen molar-refractivity contribution in [2.45, 2.75) is 0 Å². The normalized spacial score (nSPS) is 11.3. The quantitative estimate of drug-likeness (QED) is 0.566. The minimum Gasteiger partial charge on any atom is -0.481 e. The third kappa shape index (κ3) is 1.84. The van der Waals surface area contributed by atoms with E-state index in [0.717, 1.165) is 11.1 Å². The van der Waals surface area contributed by atoms with E-state index in [1.165, 1.54) is 12.1 Å². The van der Waals surface area contributed by atoms with Crippen LogP contribution >= 0.6 is 0 Å². The minimum absolute atomic E-state index is 0.275. The van der Waals surface area contributed by atoms with Crippen molar-refractivity contribution in [2.75, 3.05) is 7.11 Å². The zero-order chi connectivity index (χ0) is 14.4. The summed E-state index contributed by atoms with van der Waals surface area (Å²) in [6.07, 6.45) is 1.84. The highest BCUT2D eigenvalue weighted by Crippen LogP contribution is 2.25. The van der Waals surface area contributed by atoms with E-state index in [1.807, 2.05) is 12.3 Å². The second kappa shape index (κ2) is 4.31. The van der Waals surface area contributed by atoms with Gasteiger partial charge in [-0.15, -0.1) is 0 Å². The summed E-state index contributed by atoms with van der Waals surface area (Å²) in [4.78, 5) is 8.62. The first-order valence-electron chi connectivity index (χ1n) is 6.33. The van der Waals surface area contributed by atoms with Crippen LogP contribution in [-0.4, -0.2) is 21.5 Å². The number of fused-ring (bicyclic) bond motifs is 3. The van der Waals surface area contributed by atoms with Crippen LogP contribution < -0.4 is 4.74 Å². The van der Waals surface area contributed by atoms with Gasteiger partial charge < -0.3 is 9.15 Å². The molecular formula is C15H10FN3O2. The van der Waals surface area contributed by atoms with Gasteiger partial charge in [-0.05, 0) is 30.3 Å². The molecule has 0 atom stereocenters. The fraction of sp³-hybridized carbons (Fsp3) is 0.0667. The summed E-state index contributed by atoms with van der Waals surface area (Å²) in [5, 5.41) is 0. The molecule has 0 fully saturated rings. The molecule has 4 rings (SSSR count). The zero-order valence-corrected chi connectivity index (χ0v) is 11.1. The maximum Gasteiger partial charge on any atom is 0.308 e. The van der Waals surface area contributed by atoms with E-state index in [1.54, 1.807) is 29.7 Å². The molecule has 0 aliphatic carbocycles. The molecule has 0 aliphatic heterocycles. The molecule has 1 aromatic carbocycles. The molecule has 0 bridgehead atoms. The van der Waals surface area contributed by atoms with Crippen LogP contribution in [0, 0.1) is 5.82 Å². The minimum atomic E-state index is -0.275. The first-order chi connectivity index (χ1) is 10.2. The van der Waals surface area contributed by atoms with Gasteiger partial charge in [0.15, 0.2) is 0 Å². The number of oxazole rings is 1. The van der Waals surface area contributed by atoms with E-state index in [-0.39, 0.29) is 5.82 Å². The molecule has 0 saturated heterocycles. The first-order valence-corrected chi connectivity index (χ1v) is 6.33. The van der Waals surface area contributed by atoms with Crippen molar-refractivity contribution in [1.82, 2.24) is 14.4 Å². The topological polar surface area (TPSA) is 52.6 Å². The maximum atomic E-state index is 13.0. The van der Waals surface area contributed by atoms with E-state index < -0.39 is 0 Å². The van der Waals surface area contributed by atoms with E-state index in [0.29, 0.717) is 23.1 Å². The first kappa shape index (κ1) is 11.9. The third-order valence-electron chi connectivity index (χ3n) is 3.28. The van der Waals surface area contributed by atoms with E-state index in [9.17, 15) is 4.39 Å². The Labute approximate surface area is 118 Å². The van der Waals surface area contributed by atoms with Crippen LogP contribution in [0.1, 0.15) is 0 Å². The number of nitrogens with zero attached hydrogens (tertiary/aromatic N) is 3. The predicted octanol–water partition coefficient (Wildman–Crippen LogP) is 3.29. The van der Waals surface area contributed by atoms with Crippen molar-refractivity contribution in [3.05, 3.63) is 48.4 Å². The second-order valence-corrected chi connectivity index (χ2v) is 4.57. The van der Waals surface area contributed by atoms with Gasteiger partial charge in [0.05, 0.1) is 12.8 Å². The number of hydrogen-bond acceptors (Lipinski definition) is 4. The van der Waals surface area contributed by atoms with Gasteiger partial charge in [-0.3, -0.25) is 4.40 Å². The highest BCUT2D eigenvalue weighted by atomic mass is 19.1. The van der Waals surface area contributed by atoms with Crippen LogP contribution in [0.15, 0.2) is 47.0 Å². The number of pyridine rings is 1. The van der Waals surface area contributed by atoms with Crippen LogP contribution in [0.2, 0.25) is 0 Å². The summed E-state index contributed by atoms with van der Waals surface area (Å²) in [6.45, 7) is 0. The fourth-order valence-corrected chi connectivity index (χ4v) is 2.24. The lowest BCUT2D eigenvalue weighted by molar-refractivity contribution is 0.397. The fourth-order valence-electron chi connectivity index (χ4n) is 2.24. The van der Waals surface area contributed by atoms with Crippen molar-refractivity contribution in [2.24, 2.45) is 0 Å². The molecule has 21 heavy (non-hydrogen) atoms. The van der Waals surface area contributed by atoms with Gasteiger partial charge in [0.1, 0.15) is 11.3 Å². The number of benzene rings is 1. The lowest BCUT2D eigenvalue weighted by Gasteiger charge is -1.97. The molecule has 0 saturated carbocycles. The Morgan fingerprint density at radius 2 is 1.90 bits per heavy atom. The number of imidazole rings is 1. The van der Waals surface area contributed by atoms with Crippen molar-refractivity contribution in [3.63, 3.8) is 0 Å². The summed E-state index contributed by atoms with van der Waals surface area (Å²) in [6, 6.07) is 9.78. The van der Waals surface area contributed by atoms with Crippen molar-refractivity contribution < 1.29 is 13.5 Å². The molecule has 104 valence electrons. The third-order valence-corrected chi connectivity index (χ3v) is 3.28. The Kier molecular flexibility index (Phi) is 2.44. The lowest BCUT2D eigenvalue weighted by Crippen LogP contribution is -1.87. The molecule has 6 heteroatoms. The van der Waals surface area contributed by atoms with Crippen LogP contribution in [0.4, 0.5) is 4.39 Å². The Balaban J connectivity index is 1.88. The van der Waals surface area contributed by atoms with Crippen LogP contribution in [0.25, 0.3) is 28.3 Å². The number of aromatic nitrogens is 3.